The third-order valence-corrected chi connectivity index (χ3v) is 6.41. The summed E-state index contributed by atoms with van der Waals surface area (Å²) in [5, 5.41) is 24.5. The number of aromatic nitrogens is 1. The number of hydrogen-bond donors (Lipinski definition) is 1. The Morgan fingerprint density at radius 2 is 1.57 bits per heavy atom. The lowest BCUT2D eigenvalue weighted by Gasteiger charge is -2.23. The van der Waals surface area contributed by atoms with Crippen molar-refractivity contribution in [3.05, 3.63) is 148 Å². The molecule has 0 saturated heterocycles. The molecule has 0 aliphatic heterocycles. The average Bonchev–Trinajstić information content (AvgIpc) is 3.05. The van der Waals surface area contributed by atoms with Crippen molar-refractivity contribution < 1.29 is 28.8 Å². The molecule has 3 aromatic carbocycles. The number of ketones is 1. The van der Waals surface area contributed by atoms with Gasteiger partial charge < -0.3 is 19.1 Å². The van der Waals surface area contributed by atoms with Gasteiger partial charge in [-0.05, 0) is 54.3 Å². The van der Waals surface area contributed by atoms with Gasteiger partial charge in [0, 0.05) is 24.9 Å². The van der Waals surface area contributed by atoms with E-state index in [1.807, 2.05) is 67.6 Å². The van der Waals surface area contributed by atoms with E-state index in [2.05, 4.69) is 0 Å². The number of ether oxygens (including phenoxy) is 2. The maximum Gasteiger partial charge on any atom is 0.317 e. The van der Waals surface area contributed by atoms with Crippen LogP contribution in [0.1, 0.15) is 51.3 Å². The Bertz CT molecular complexity index is 1450. The topological polar surface area (TPSA) is 95.8 Å². The highest BCUT2D eigenvalue weighted by Gasteiger charge is 2.37. The van der Waals surface area contributed by atoms with Crippen molar-refractivity contribution in [2.24, 2.45) is 0 Å². The molecule has 0 saturated carbocycles. The van der Waals surface area contributed by atoms with Crippen molar-refractivity contribution in [2.75, 3.05) is 6.61 Å². The van der Waals surface area contributed by atoms with Crippen molar-refractivity contribution in [3.8, 4) is 5.75 Å². The molecule has 1 aromatic heterocycles. The Morgan fingerprint density at radius 3 is 2.25 bits per heavy atom. The largest absolute Gasteiger partial charge is 0.489 e. The Morgan fingerprint density at radius 1 is 0.925 bits per heavy atom. The number of benzene rings is 3. The second-order valence-corrected chi connectivity index (χ2v) is 9.26. The minimum absolute atomic E-state index is 0.148. The van der Waals surface area contributed by atoms with Gasteiger partial charge in [-0.1, -0.05) is 84.9 Å². The molecule has 40 heavy (non-hydrogen) atoms. The maximum atomic E-state index is 14.0. The van der Waals surface area contributed by atoms with E-state index in [1.54, 1.807) is 49.4 Å². The second-order valence-electron chi connectivity index (χ2n) is 9.26. The highest BCUT2D eigenvalue weighted by Crippen LogP contribution is 2.28. The summed E-state index contributed by atoms with van der Waals surface area (Å²) < 4.78 is 16.9. The molecular formula is C33H33NO6. The van der Waals surface area contributed by atoms with E-state index < -0.39 is 18.0 Å². The normalized spacial score (nSPS) is 12.3. The molecule has 0 aliphatic carbocycles. The predicted molar refractivity (Wildman–Crippen MR) is 151 cm³/mol. The van der Waals surface area contributed by atoms with Crippen LogP contribution >= 0.6 is 0 Å². The number of Topliss-reactive ketones (excluding diaryl/α,β-unsaturated/α-hetero) is 1. The Labute approximate surface area is 234 Å². The first-order valence-corrected chi connectivity index (χ1v) is 13.2. The van der Waals surface area contributed by atoms with Gasteiger partial charge >= 0.3 is 5.69 Å². The molecule has 0 spiro atoms. The SMILES string of the molecule is CCO[C@H](C(=O)c1c(Cc2ccccc2)ccccco[n+]1[O-])[C@H](O)c1ccc(OCc2ccccc2)cc1C. The number of aliphatic hydroxyl groups excluding tert-OH is 1. The Kier molecular flexibility index (Phi) is 10.0. The summed E-state index contributed by atoms with van der Waals surface area (Å²) in [6.07, 6.45) is -1.19. The molecule has 7 heteroatoms. The number of carbonyl (C=O) groups excluding carboxylic acids is 1. The molecule has 4 rings (SSSR count). The number of aliphatic hydroxyl groups is 1. The molecule has 0 unspecified atom stereocenters. The van der Waals surface area contributed by atoms with Gasteiger partial charge in [-0.15, -0.1) is 0 Å². The molecule has 7 nitrogen and oxygen atoms in total. The molecule has 4 aromatic rings. The minimum Gasteiger partial charge on any atom is -0.489 e. The molecule has 2 atom stereocenters. The molecule has 0 bridgehead atoms. The van der Waals surface area contributed by atoms with Gasteiger partial charge in [0.05, 0.1) is 4.90 Å². The third-order valence-electron chi connectivity index (χ3n) is 6.41. The zero-order chi connectivity index (χ0) is 28.3. The summed E-state index contributed by atoms with van der Waals surface area (Å²) >= 11 is 0. The Hall–Kier alpha value is -4.46. The fourth-order valence-corrected chi connectivity index (χ4v) is 4.43. The van der Waals surface area contributed by atoms with Crippen molar-refractivity contribution >= 4 is 5.78 Å². The standard InChI is InChI=1S/C33H33NO6/c1-3-38-33(31(35)29-19-18-28(21-24(29)2)39-23-26-15-9-5-10-16-26)32(36)30-27(22-25-13-7-4-8-14-25)17-11-6-12-20-40-34(30)37/h4-21,31,33,35H,3,22-23H2,1-2H3/t31-,33+/m1/s1. The van der Waals surface area contributed by atoms with Crippen LogP contribution in [0.4, 0.5) is 0 Å². The van der Waals surface area contributed by atoms with Gasteiger partial charge in [0.15, 0.2) is 6.10 Å². The first kappa shape index (κ1) is 28.5. The van der Waals surface area contributed by atoms with E-state index >= 15 is 0 Å². The average molecular weight is 540 g/mol. The van der Waals surface area contributed by atoms with Crippen molar-refractivity contribution in [3.63, 3.8) is 0 Å². The van der Waals surface area contributed by atoms with Crippen LogP contribution in [0.3, 0.4) is 0 Å². The number of rotatable bonds is 11. The zero-order valence-electron chi connectivity index (χ0n) is 22.6. The monoisotopic (exact) mass is 539 g/mol. The van der Waals surface area contributed by atoms with Gasteiger partial charge in [-0.2, -0.15) is 0 Å². The molecular weight excluding hydrogens is 506 g/mol. The van der Waals surface area contributed by atoms with E-state index in [-0.39, 0.29) is 17.2 Å². The van der Waals surface area contributed by atoms with Crippen LogP contribution in [0.2, 0.25) is 0 Å². The van der Waals surface area contributed by atoms with Crippen LogP contribution in [0.5, 0.6) is 5.75 Å². The summed E-state index contributed by atoms with van der Waals surface area (Å²) in [4.78, 5) is 14.2. The molecule has 206 valence electrons. The van der Waals surface area contributed by atoms with Gasteiger partial charge in [0.1, 0.15) is 18.5 Å². The van der Waals surface area contributed by atoms with E-state index in [0.29, 0.717) is 29.9 Å². The lowest BCUT2D eigenvalue weighted by Crippen LogP contribution is -2.42. The van der Waals surface area contributed by atoms with Gasteiger partial charge in [0.25, 0.3) is 5.78 Å². The van der Waals surface area contributed by atoms with E-state index in [0.717, 1.165) is 16.7 Å². The number of aryl methyl sites for hydroxylation is 1. The fraction of sp³-hybridized carbons (Fsp3) is 0.212. The molecule has 1 heterocycles. The lowest BCUT2D eigenvalue weighted by atomic mass is 9.93. The summed E-state index contributed by atoms with van der Waals surface area (Å²) in [6.45, 7) is 4.11. The number of hydrogen-bond acceptors (Lipinski definition) is 6. The highest BCUT2D eigenvalue weighted by molar-refractivity contribution is 5.98. The van der Waals surface area contributed by atoms with Crippen LogP contribution in [-0.2, 0) is 17.8 Å². The van der Waals surface area contributed by atoms with Gasteiger partial charge in [-0.25, -0.2) is 0 Å². The highest BCUT2D eigenvalue weighted by atomic mass is 16.7. The maximum absolute atomic E-state index is 14.0. The third kappa shape index (κ3) is 7.34. The lowest BCUT2D eigenvalue weighted by molar-refractivity contribution is -0.799. The summed E-state index contributed by atoms with van der Waals surface area (Å²) in [6, 6.07) is 31.2. The fourth-order valence-electron chi connectivity index (χ4n) is 4.43. The summed E-state index contributed by atoms with van der Waals surface area (Å²) in [7, 11) is 0. The van der Waals surface area contributed by atoms with Crippen molar-refractivity contribution in [1.82, 2.24) is 0 Å². The van der Waals surface area contributed by atoms with Crippen LogP contribution in [0, 0.1) is 12.1 Å². The van der Waals surface area contributed by atoms with E-state index in [4.69, 9.17) is 14.0 Å². The van der Waals surface area contributed by atoms with E-state index in [1.165, 1.54) is 6.26 Å². The van der Waals surface area contributed by atoms with Gasteiger partial charge in [-0.3, -0.25) is 10.0 Å². The Balaban J connectivity index is 1.66. The first-order chi connectivity index (χ1) is 19.5. The number of carbonyl (C=O) groups is 1. The smallest absolute Gasteiger partial charge is 0.317 e. The van der Waals surface area contributed by atoms with Crippen LogP contribution < -0.4 is 9.64 Å². The minimum atomic E-state index is -1.34. The summed E-state index contributed by atoms with van der Waals surface area (Å²) in [5.41, 5.74) is 3.35. The van der Waals surface area contributed by atoms with Crippen LogP contribution in [0.15, 0.2) is 114 Å². The van der Waals surface area contributed by atoms with Crippen LogP contribution in [0.25, 0.3) is 0 Å². The van der Waals surface area contributed by atoms with Gasteiger partial charge in [0.2, 0.25) is 0 Å². The molecule has 0 aliphatic rings. The van der Waals surface area contributed by atoms with Crippen LogP contribution in [-0.4, -0.2) is 23.6 Å². The van der Waals surface area contributed by atoms with Crippen molar-refractivity contribution in [2.45, 2.75) is 39.1 Å². The summed E-state index contributed by atoms with van der Waals surface area (Å²) in [5.74, 6) is -0.0490. The zero-order valence-corrected chi connectivity index (χ0v) is 22.6. The van der Waals surface area contributed by atoms with Crippen molar-refractivity contribution in [1.29, 1.82) is 0 Å². The second kappa shape index (κ2) is 14.1. The first-order valence-electron chi connectivity index (χ1n) is 13.2. The molecule has 0 radical (unpaired) electrons. The molecule has 0 fully saturated rings. The predicted octanol–water partition coefficient (Wildman–Crippen LogP) is 5.84. The number of nitrogens with zero attached hydrogens (tertiary/aromatic N) is 1. The quantitative estimate of drug-likeness (QED) is 0.190. The van der Waals surface area contributed by atoms with E-state index in [9.17, 15) is 15.1 Å². The molecule has 1 N–H and O–H groups in total. The molecule has 0 amide bonds.